The molecule has 1 aliphatic rings. The summed E-state index contributed by atoms with van der Waals surface area (Å²) < 4.78 is 11.1. The van der Waals surface area contributed by atoms with Crippen LogP contribution in [0.25, 0.3) is 0 Å². The van der Waals surface area contributed by atoms with Crippen LogP contribution in [0, 0.1) is 0 Å². The van der Waals surface area contributed by atoms with E-state index in [-0.39, 0.29) is 6.04 Å². The summed E-state index contributed by atoms with van der Waals surface area (Å²) in [7, 11) is 1.89. The number of aromatic nitrogens is 2. The monoisotopic (exact) mass is 257 g/mol. The molecule has 1 aromatic heterocycles. The molecule has 0 saturated heterocycles. The molecule has 0 saturated carbocycles. The predicted molar refractivity (Wildman–Crippen MR) is 70.4 cm³/mol. The summed E-state index contributed by atoms with van der Waals surface area (Å²) in [5.74, 6) is 2.31. The highest BCUT2D eigenvalue weighted by Crippen LogP contribution is 2.33. The van der Waals surface area contributed by atoms with Gasteiger partial charge in [-0.25, -0.2) is 9.97 Å². The van der Waals surface area contributed by atoms with Gasteiger partial charge in [-0.3, -0.25) is 0 Å². The Balaban J connectivity index is 1.96. The zero-order valence-corrected chi connectivity index (χ0v) is 10.7. The molecule has 5 heteroatoms. The van der Waals surface area contributed by atoms with Crippen LogP contribution in [0.4, 0.5) is 0 Å². The van der Waals surface area contributed by atoms with Crippen molar-refractivity contribution in [3.05, 3.63) is 48.0 Å². The molecule has 19 heavy (non-hydrogen) atoms. The number of nitrogens with zero attached hydrogens (tertiary/aromatic N) is 2. The molecular weight excluding hydrogens is 242 g/mol. The molecule has 0 aliphatic carbocycles. The lowest BCUT2D eigenvalue weighted by molar-refractivity contribution is 0.171. The van der Waals surface area contributed by atoms with E-state index in [1.54, 1.807) is 18.5 Å². The van der Waals surface area contributed by atoms with Crippen molar-refractivity contribution < 1.29 is 9.47 Å². The molecule has 0 fully saturated rings. The normalized spacial score (nSPS) is 15.0. The lowest BCUT2D eigenvalue weighted by Gasteiger charge is -2.21. The third kappa shape index (κ3) is 2.37. The highest BCUT2D eigenvalue weighted by molar-refractivity contribution is 5.45. The molecule has 1 N–H and O–H groups in total. The lowest BCUT2D eigenvalue weighted by atomic mass is 10.1. The van der Waals surface area contributed by atoms with Crippen molar-refractivity contribution in [2.75, 3.05) is 20.3 Å². The van der Waals surface area contributed by atoms with Crippen LogP contribution in [-0.4, -0.2) is 30.2 Å². The SMILES string of the molecule is CNC(c1ccc2c(c1)OCCO2)c1ncccn1. The third-order valence-corrected chi connectivity index (χ3v) is 3.03. The first kappa shape index (κ1) is 11.9. The van der Waals surface area contributed by atoms with Crippen LogP contribution in [0.2, 0.25) is 0 Å². The Hall–Kier alpha value is -2.14. The van der Waals surface area contributed by atoms with Crippen molar-refractivity contribution in [3.8, 4) is 11.5 Å². The Morgan fingerprint density at radius 3 is 2.58 bits per heavy atom. The first-order valence-corrected chi connectivity index (χ1v) is 6.22. The molecule has 98 valence electrons. The van der Waals surface area contributed by atoms with Gasteiger partial charge in [0.15, 0.2) is 11.5 Å². The van der Waals surface area contributed by atoms with Crippen LogP contribution < -0.4 is 14.8 Å². The fourth-order valence-corrected chi connectivity index (χ4v) is 2.14. The minimum absolute atomic E-state index is 0.0583. The van der Waals surface area contributed by atoms with E-state index < -0.39 is 0 Å². The fraction of sp³-hybridized carbons (Fsp3) is 0.286. The van der Waals surface area contributed by atoms with Crippen molar-refractivity contribution in [1.82, 2.24) is 15.3 Å². The summed E-state index contributed by atoms with van der Waals surface area (Å²) >= 11 is 0. The van der Waals surface area contributed by atoms with E-state index in [4.69, 9.17) is 9.47 Å². The second-order valence-electron chi connectivity index (χ2n) is 4.23. The van der Waals surface area contributed by atoms with E-state index in [0.717, 1.165) is 22.9 Å². The van der Waals surface area contributed by atoms with E-state index in [1.165, 1.54) is 0 Å². The number of hydrogen-bond acceptors (Lipinski definition) is 5. The second-order valence-corrected chi connectivity index (χ2v) is 4.23. The van der Waals surface area contributed by atoms with Crippen LogP contribution in [0.15, 0.2) is 36.7 Å². The van der Waals surface area contributed by atoms with Crippen LogP contribution in [0.1, 0.15) is 17.4 Å². The molecule has 3 rings (SSSR count). The summed E-state index contributed by atoms with van der Waals surface area (Å²) in [4.78, 5) is 8.59. The van der Waals surface area contributed by atoms with Crippen molar-refractivity contribution >= 4 is 0 Å². The average molecular weight is 257 g/mol. The quantitative estimate of drug-likeness (QED) is 0.904. The maximum atomic E-state index is 5.60. The number of ether oxygens (including phenoxy) is 2. The van der Waals surface area contributed by atoms with Gasteiger partial charge >= 0.3 is 0 Å². The number of fused-ring (bicyclic) bond motifs is 1. The number of benzene rings is 1. The summed E-state index contributed by atoms with van der Waals surface area (Å²) in [6.07, 6.45) is 3.48. The minimum Gasteiger partial charge on any atom is -0.486 e. The van der Waals surface area contributed by atoms with Crippen molar-refractivity contribution in [1.29, 1.82) is 0 Å². The van der Waals surface area contributed by atoms with E-state index >= 15 is 0 Å². The molecule has 1 atom stereocenters. The minimum atomic E-state index is -0.0583. The Morgan fingerprint density at radius 2 is 1.84 bits per heavy atom. The summed E-state index contributed by atoms with van der Waals surface area (Å²) in [5, 5.41) is 3.22. The smallest absolute Gasteiger partial charge is 0.161 e. The van der Waals surface area contributed by atoms with E-state index in [2.05, 4.69) is 15.3 Å². The molecule has 1 aliphatic heterocycles. The van der Waals surface area contributed by atoms with Crippen LogP contribution >= 0.6 is 0 Å². The van der Waals surface area contributed by atoms with Gasteiger partial charge in [0.2, 0.25) is 0 Å². The Kier molecular flexibility index (Phi) is 3.29. The predicted octanol–water partition coefficient (Wildman–Crippen LogP) is 1.56. The molecule has 0 radical (unpaired) electrons. The Bertz CT molecular complexity index is 560. The number of nitrogens with one attached hydrogen (secondary N) is 1. The van der Waals surface area contributed by atoms with Crippen LogP contribution in [0.3, 0.4) is 0 Å². The number of rotatable bonds is 3. The van der Waals surface area contributed by atoms with Crippen molar-refractivity contribution in [2.45, 2.75) is 6.04 Å². The molecule has 0 spiro atoms. The highest BCUT2D eigenvalue weighted by atomic mass is 16.6. The highest BCUT2D eigenvalue weighted by Gasteiger charge is 2.18. The summed E-state index contributed by atoms with van der Waals surface area (Å²) in [6, 6.07) is 7.66. The van der Waals surface area contributed by atoms with Gasteiger partial charge in [0.05, 0.1) is 6.04 Å². The van der Waals surface area contributed by atoms with Gasteiger partial charge in [-0.15, -0.1) is 0 Å². The van der Waals surface area contributed by atoms with Gasteiger partial charge in [-0.2, -0.15) is 0 Å². The van der Waals surface area contributed by atoms with Gasteiger partial charge in [0.25, 0.3) is 0 Å². The van der Waals surface area contributed by atoms with Gasteiger partial charge in [-0.1, -0.05) is 6.07 Å². The van der Waals surface area contributed by atoms with Gasteiger partial charge < -0.3 is 14.8 Å². The molecule has 5 nitrogen and oxygen atoms in total. The summed E-state index contributed by atoms with van der Waals surface area (Å²) in [5.41, 5.74) is 1.05. The lowest BCUT2D eigenvalue weighted by Crippen LogP contribution is -2.21. The molecule has 2 heterocycles. The molecule has 0 amide bonds. The van der Waals surface area contributed by atoms with E-state index in [1.807, 2.05) is 25.2 Å². The fourth-order valence-electron chi connectivity index (χ4n) is 2.14. The number of hydrogen-bond donors (Lipinski definition) is 1. The van der Waals surface area contributed by atoms with E-state index in [9.17, 15) is 0 Å². The average Bonchev–Trinajstić information content (AvgIpc) is 2.49. The summed E-state index contributed by atoms with van der Waals surface area (Å²) in [6.45, 7) is 1.19. The second kappa shape index (κ2) is 5.24. The molecule has 1 unspecified atom stereocenters. The topological polar surface area (TPSA) is 56.3 Å². The van der Waals surface area contributed by atoms with Crippen molar-refractivity contribution in [3.63, 3.8) is 0 Å². The van der Waals surface area contributed by atoms with E-state index in [0.29, 0.717) is 13.2 Å². The van der Waals surface area contributed by atoms with Crippen LogP contribution in [-0.2, 0) is 0 Å². The first-order valence-electron chi connectivity index (χ1n) is 6.22. The molecule has 1 aromatic carbocycles. The Labute approximate surface area is 111 Å². The third-order valence-electron chi connectivity index (χ3n) is 3.03. The van der Waals surface area contributed by atoms with Gasteiger partial charge in [0, 0.05) is 12.4 Å². The zero-order valence-electron chi connectivity index (χ0n) is 10.7. The maximum Gasteiger partial charge on any atom is 0.161 e. The molecule has 0 bridgehead atoms. The maximum absolute atomic E-state index is 5.60. The Morgan fingerprint density at radius 1 is 1.11 bits per heavy atom. The first-order chi connectivity index (χ1) is 9.38. The molecule has 2 aromatic rings. The van der Waals surface area contributed by atoms with Gasteiger partial charge in [0.1, 0.15) is 19.0 Å². The van der Waals surface area contributed by atoms with Crippen LogP contribution in [0.5, 0.6) is 11.5 Å². The largest absolute Gasteiger partial charge is 0.486 e. The van der Waals surface area contributed by atoms with Crippen molar-refractivity contribution in [2.24, 2.45) is 0 Å². The standard InChI is InChI=1S/C14H15N3O2/c1-15-13(14-16-5-2-6-17-14)10-3-4-11-12(9-10)19-8-7-18-11/h2-6,9,13,15H,7-8H2,1H3. The molecular formula is C14H15N3O2. The van der Waals surface area contributed by atoms with Gasteiger partial charge in [-0.05, 0) is 30.8 Å². The zero-order chi connectivity index (χ0) is 13.1.